The molecule has 1 N–H and O–H groups in total. The molecule has 2 aromatic rings. The van der Waals surface area contributed by atoms with E-state index in [1.165, 1.54) is 0 Å². The van der Waals surface area contributed by atoms with Crippen LogP contribution in [0.3, 0.4) is 0 Å². The van der Waals surface area contributed by atoms with Gasteiger partial charge in [0.25, 0.3) is 0 Å². The molecule has 0 spiro atoms. The van der Waals surface area contributed by atoms with E-state index in [9.17, 15) is 9.59 Å². The maximum absolute atomic E-state index is 12.4. The molecular formula is C25H32O6. The highest BCUT2D eigenvalue weighted by atomic mass is 16.5. The normalized spacial score (nSPS) is 11.6. The SMILES string of the molecule is CC(C)(CCOc1ccc(OCCC(C)(C)C(=O)OCc2ccccc2)cc1)C(=O)O. The number of carboxylic acids is 1. The van der Waals surface area contributed by atoms with E-state index >= 15 is 0 Å². The summed E-state index contributed by atoms with van der Waals surface area (Å²) in [5.74, 6) is 0.227. The highest BCUT2D eigenvalue weighted by Gasteiger charge is 2.29. The van der Waals surface area contributed by atoms with Gasteiger partial charge >= 0.3 is 11.9 Å². The van der Waals surface area contributed by atoms with Crippen molar-refractivity contribution in [2.24, 2.45) is 10.8 Å². The summed E-state index contributed by atoms with van der Waals surface area (Å²) in [4.78, 5) is 23.5. The minimum atomic E-state index is -0.841. The maximum Gasteiger partial charge on any atom is 0.311 e. The third-order valence-electron chi connectivity index (χ3n) is 5.16. The van der Waals surface area contributed by atoms with Crippen molar-refractivity contribution in [1.29, 1.82) is 0 Å². The van der Waals surface area contributed by atoms with Crippen molar-refractivity contribution in [2.75, 3.05) is 13.2 Å². The van der Waals surface area contributed by atoms with Crippen LogP contribution in [0.2, 0.25) is 0 Å². The first kappa shape index (κ1) is 24.3. The molecule has 0 radical (unpaired) electrons. The molecule has 2 rings (SSSR count). The standard InChI is InChI=1S/C25H32O6/c1-24(2,22(26)27)14-16-29-20-10-12-21(13-11-20)30-17-15-25(3,4)23(28)31-18-19-8-6-5-7-9-19/h5-13H,14-18H2,1-4H3,(H,26,27). The Hall–Kier alpha value is -3.02. The summed E-state index contributed by atoms with van der Waals surface area (Å²) >= 11 is 0. The molecule has 0 aliphatic carbocycles. The number of ether oxygens (including phenoxy) is 3. The summed E-state index contributed by atoms with van der Waals surface area (Å²) in [7, 11) is 0. The lowest BCUT2D eigenvalue weighted by molar-refractivity contribution is -0.156. The Morgan fingerprint density at radius 2 is 1.26 bits per heavy atom. The smallest absolute Gasteiger partial charge is 0.311 e. The summed E-state index contributed by atoms with van der Waals surface area (Å²) in [6, 6.07) is 16.7. The van der Waals surface area contributed by atoms with Gasteiger partial charge in [-0.1, -0.05) is 30.3 Å². The van der Waals surface area contributed by atoms with Gasteiger partial charge in [0.05, 0.1) is 24.0 Å². The zero-order valence-corrected chi connectivity index (χ0v) is 18.7. The van der Waals surface area contributed by atoms with Gasteiger partial charge in [0.2, 0.25) is 0 Å². The molecule has 0 unspecified atom stereocenters. The molecule has 31 heavy (non-hydrogen) atoms. The summed E-state index contributed by atoms with van der Waals surface area (Å²) in [6.07, 6.45) is 0.930. The first-order chi connectivity index (χ1) is 14.6. The van der Waals surface area contributed by atoms with Gasteiger partial charge in [0.15, 0.2) is 0 Å². The number of hydrogen-bond donors (Lipinski definition) is 1. The van der Waals surface area contributed by atoms with Gasteiger partial charge in [-0.3, -0.25) is 9.59 Å². The van der Waals surface area contributed by atoms with E-state index in [2.05, 4.69) is 0 Å². The highest BCUT2D eigenvalue weighted by Crippen LogP contribution is 2.25. The number of carboxylic acid groups (broad SMARTS) is 1. The first-order valence-corrected chi connectivity index (χ1v) is 10.4. The van der Waals surface area contributed by atoms with Gasteiger partial charge in [0, 0.05) is 0 Å². The van der Waals surface area contributed by atoms with Crippen molar-refractivity contribution >= 4 is 11.9 Å². The lowest BCUT2D eigenvalue weighted by atomic mass is 9.90. The average molecular weight is 429 g/mol. The largest absolute Gasteiger partial charge is 0.494 e. The van der Waals surface area contributed by atoms with Crippen LogP contribution >= 0.6 is 0 Å². The maximum atomic E-state index is 12.4. The molecule has 2 aromatic carbocycles. The summed E-state index contributed by atoms with van der Waals surface area (Å²) in [6.45, 7) is 8.00. The predicted octanol–water partition coefficient (Wildman–Crippen LogP) is 5.10. The summed E-state index contributed by atoms with van der Waals surface area (Å²) in [5, 5.41) is 9.13. The second-order valence-corrected chi connectivity index (χ2v) is 8.80. The number of rotatable bonds is 12. The molecule has 0 saturated carbocycles. The molecule has 0 amide bonds. The zero-order valence-electron chi connectivity index (χ0n) is 18.7. The van der Waals surface area contributed by atoms with E-state index in [0.29, 0.717) is 37.6 Å². The Labute approximate surface area is 184 Å². The van der Waals surface area contributed by atoms with Crippen molar-refractivity contribution in [2.45, 2.75) is 47.1 Å². The van der Waals surface area contributed by atoms with Crippen LogP contribution in [0, 0.1) is 10.8 Å². The molecule has 0 aliphatic rings. The lowest BCUT2D eigenvalue weighted by Gasteiger charge is -2.22. The van der Waals surface area contributed by atoms with Gasteiger partial charge in [-0.25, -0.2) is 0 Å². The molecule has 0 atom stereocenters. The third kappa shape index (κ3) is 7.96. The van der Waals surface area contributed by atoms with Crippen LogP contribution in [-0.2, 0) is 20.9 Å². The second kappa shape index (κ2) is 10.8. The fourth-order valence-corrected chi connectivity index (χ4v) is 2.61. The minimum Gasteiger partial charge on any atom is -0.494 e. The van der Waals surface area contributed by atoms with Crippen LogP contribution in [0.5, 0.6) is 11.5 Å². The first-order valence-electron chi connectivity index (χ1n) is 10.4. The quantitative estimate of drug-likeness (QED) is 0.473. The van der Waals surface area contributed by atoms with E-state index in [-0.39, 0.29) is 12.6 Å². The van der Waals surface area contributed by atoms with E-state index in [1.54, 1.807) is 38.1 Å². The molecule has 0 saturated heterocycles. The third-order valence-corrected chi connectivity index (χ3v) is 5.16. The van der Waals surface area contributed by atoms with Crippen molar-refractivity contribution in [3.05, 3.63) is 60.2 Å². The van der Waals surface area contributed by atoms with Crippen molar-refractivity contribution in [3.8, 4) is 11.5 Å². The van der Waals surface area contributed by atoms with Crippen LogP contribution < -0.4 is 9.47 Å². The lowest BCUT2D eigenvalue weighted by Crippen LogP contribution is -2.28. The molecule has 0 bridgehead atoms. The molecular weight excluding hydrogens is 396 g/mol. The fourth-order valence-electron chi connectivity index (χ4n) is 2.61. The number of benzene rings is 2. The van der Waals surface area contributed by atoms with E-state index in [4.69, 9.17) is 19.3 Å². The monoisotopic (exact) mass is 428 g/mol. The van der Waals surface area contributed by atoms with Crippen LogP contribution in [0.25, 0.3) is 0 Å². The van der Waals surface area contributed by atoms with Crippen molar-refractivity contribution in [1.82, 2.24) is 0 Å². The molecule has 168 valence electrons. The van der Waals surface area contributed by atoms with Gasteiger partial charge in [-0.15, -0.1) is 0 Å². The number of carbonyl (C=O) groups excluding carboxylic acids is 1. The topological polar surface area (TPSA) is 82.1 Å². The predicted molar refractivity (Wildman–Crippen MR) is 118 cm³/mol. The number of carbonyl (C=O) groups is 2. The van der Waals surface area contributed by atoms with Crippen molar-refractivity contribution < 1.29 is 28.9 Å². The number of esters is 1. The van der Waals surface area contributed by atoms with Gasteiger partial charge in [0.1, 0.15) is 18.1 Å². The van der Waals surface area contributed by atoms with E-state index in [0.717, 1.165) is 5.56 Å². The molecule has 0 aromatic heterocycles. The van der Waals surface area contributed by atoms with E-state index in [1.807, 2.05) is 44.2 Å². The Balaban J connectivity index is 1.73. The van der Waals surface area contributed by atoms with Gasteiger partial charge in [-0.2, -0.15) is 0 Å². The minimum absolute atomic E-state index is 0.256. The Morgan fingerprint density at radius 3 is 1.74 bits per heavy atom. The van der Waals surface area contributed by atoms with E-state index < -0.39 is 16.8 Å². The van der Waals surface area contributed by atoms with Gasteiger partial charge < -0.3 is 19.3 Å². The highest BCUT2D eigenvalue weighted by molar-refractivity contribution is 5.75. The Morgan fingerprint density at radius 1 is 0.774 bits per heavy atom. The van der Waals surface area contributed by atoms with Crippen LogP contribution in [0.4, 0.5) is 0 Å². The van der Waals surface area contributed by atoms with Gasteiger partial charge in [-0.05, 0) is 70.4 Å². The summed E-state index contributed by atoms with van der Waals surface area (Å²) < 4.78 is 16.8. The van der Waals surface area contributed by atoms with Crippen LogP contribution in [-0.4, -0.2) is 30.3 Å². The van der Waals surface area contributed by atoms with Crippen molar-refractivity contribution in [3.63, 3.8) is 0 Å². The molecule has 0 heterocycles. The number of hydrogen-bond acceptors (Lipinski definition) is 5. The molecule has 6 nitrogen and oxygen atoms in total. The molecule has 0 aliphatic heterocycles. The zero-order chi connectivity index (χ0) is 22.9. The molecule has 6 heteroatoms. The Kier molecular flexibility index (Phi) is 8.48. The average Bonchev–Trinajstić information content (AvgIpc) is 2.73. The summed E-state index contributed by atoms with van der Waals surface area (Å²) in [5.41, 5.74) is -0.524. The fraction of sp³-hybridized carbons (Fsp3) is 0.440. The van der Waals surface area contributed by atoms with Crippen LogP contribution in [0.1, 0.15) is 46.1 Å². The van der Waals surface area contributed by atoms with Crippen LogP contribution in [0.15, 0.2) is 54.6 Å². The number of aliphatic carboxylic acids is 1. The second-order valence-electron chi connectivity index (χ2n) is 8.80. The Bertz CT molecular complexity index is 840. The molecule has 0 fully saturated rings.